The van der Waals surface area contributed by atoms with Gasteiger partial charge in [0.25, 0.3) is 0 Å². The van der Waals surface area contributed by atoms with Gasteiger partial charge in [-0.15, -0.1) is 0 Å². The number of fused-ring (bicyclic) bond motifs is 4. The number of benzene rings is 3. The van der Waals surface area contributed by atoms with E-state index in [-0.39, 0.29) is 5.54 Å². The lowest BCUT2D eigenvalue weighted by Crippen LogP contribution is -2.37. The molecule has 0 saturated carbocycles. The van der Waals surface area contributed by atoms with E-state index in [0.29, 0.717) is 0 Å². The highest BCUT2D eigenvalue weighted by Gasteiger charge is 2.27. The van der Waals surface area contributed by atoms with Gasteiger partial charge in [-0.05, 0) is 63.2 Å². The molecule has 2 heterocycles. The van der Waals surface area contributed by atoms with Gasteiger partial charge < -0.3 is 9.32 Å². The van der Waals surface area contributed by atoms with Crippen molar-refractivity contribution < 1.29 is 4.42 Å². The lowest BCUT2D eigenvalue weighted by molar-refractivity contribution is 0.562. The van der Waals surface area contributed by atoms with Crippen molar-refractivity contribution in [1.29, 1.82) is 0 Å². The summed E-state index contributed by atoms with van der Waals surface area (Å²) < 4.78 is 6.14. The average Bonchev–Trinajstić information content (AvgIpc) is 3.07. The summed E-state index contributed by atoms with van der Waals surface area (Å²) in [7, 11) is 0. The third kappa shape index (κ3) is 2.55. The van der Waals surface area contributed by atoms with Crippen molar-refractivity contribution >= 4 is 44.2 Å². The summed E-state index contributed by atoms with van der Waals surface area (Å²) >= 11 is 0. The molecule has 0 aliphatic carbocycles. The highest BCUT2D eigenvalue weighted by molar-refractivity contribution is 6.13. The number of hydrogen-bond donors (Lipinski definition) is 0. The van der Waals surface area contributed by atoms with Crippen LogP contribution in [0.3, 0.4) is 0 Å². The first kappa shape index (κ1) is 16.8. The number of hydrogen-bond acceptors (Lipinski definition) is 3. The maximum Gasteiger partial charge on any atom is 0.137 e. The molecular formula is C25H22N2O. The molecule has 0 aliphatic heterocycles. The van der Waals surface area contributed by atoms with Gasteiger partial charge in [-0.3, -0.25) is 4.98 Å². The Balaban J connectivity index is 1.88. The van der Waals surface area contributed by atoms with Gasteiger partial charge in [0.1, 0.15) is 11.2 Å². The molecule has 0 amide bonds. The molecule has 0 spiro atoms. The number of para-hydroxylation sites is 1. The Hall–Kier alpha value is -3.33. The third-order valence-electron chi connectivity index (χ3n) is 5.16. The van der Waals surface area contributed by atoms with Crippen molar-refractivity contribution in [3.05, 3.63) is 79.0 Å². The van der Waals surface area contributed by atoms with Crippen LogP contribution in [0, 0.1) is 0 Å². The Labute approximate surface area is 164 Å². The number of aromatic nitrogens is 1. The van der Waals surface area contributed by atoms with Crippen molar-refractivity contribution in [2.75, 3.05) is 4.90 Å². The molecule has 0 bridgehead atoms. The lowest BCUT2D eigenvalue weighted by atomic mass is 9.99. The van der Waals surface area contributed by atoms with Crippen LogP contribution in [0.5, 0.6) is 0 Å². The Bertz CT molecular complexity index is 1310. The van der Waals surface area contributed by atoms with Crippen molar-refractivity contribution in [2.24, 2.45) is 0 Å². The number of anilines is 2. The molecule has 5 aromatic rings. The number of pyridine rings is 1. The van der Waals surface area contributed by atoms with E-state index >= 15 is 0 Å². The highest BCUT2D eigenvalue weighted by atomic mass is 16.3. The van der Waals surface area contributed by atoms with Gasteiger partial charge >= 0.3 is 0 Å². The van der Waals surface area contributed by atoms with Gasteiger partial charge in [0, 0.05) is 22.5 Å². The Morgan fingerprint density at radius 3 is 2.29 bits per heavy atom. The predicted molar refractivity (Wildman–Crippen MR) is 117 cm³/mol. The molecule has 0 atom stereocenters. The fourth-order valence-electron chi connectivity index (χ4n) is 4.08. The fraction of sp³-hybridized carbons (Fsp3) is 0.160. The predicted octanol–water partition coefficient (Wildman–Crippen LogP) is 7.07. The minimum Gasteiger partial charge on any atom is -0.456 e. The first-order chi connectivity index (χ1) is 13.5. The second-order valence-electron chi connectivity index (χ2n) is 8.10. The molecule has 5 rings (SSSR count). The van der Waals surface area contributed by atoms with E-state index in [1.54, 1.807) is 0 Å². The van der Waals surface area contributed by atoms with Crippen LogP contribution >= 0.6 is 0 Å². The van der Waals surface area contributed by atoms with Crippen LogP contribution in [0.1, 0.15) is 20.8 Å². The molecule has 2 aromatic heterocycles. The molecule has 0 aliphatic rings. The lowest BCUT2D eigenvalue weighted by Gasteiger charge is -2.39. The van der Waals surface area contributed by atoms with Crippen LogP contribution < -0.4 is 4.90 Å². The fourth-order valence-corrected chi connectivity index (χ4v) is 4.08. The van der Waals surface area contributed by atoms with Crippen LogP contribution in [0.4, 0.5) is 11.4 Å². The van der Waals surface area contributed by atoms with Crippen LogP contribution in [0.25, 0.3) is 32.8 Å². The highest BCUT2D eigenvalue weighted by Crippen LogP contribution is 2.43. The summed E-state index contributed by atoms with van der Waals surface area (Å²) in [5.41, 5.74) is 4.97. The molecule has 3 nitrogen and oxygen atoms in total. The summed E-state index contributed by atoms with van der Waals surface area (Å²) in [5.74, 6) is 0. The normalized spacial score (nSPS) is 12.1. The Morgan fingerprint density at radius 2 is 1.43 bits per heavy atom. The molecule has 0 saturated heterocycles. The zero-order valence-corrected chi connectivity index (χ0v) is 16.3. The zero-order chi connectivity index (χ0) is 19.3. The first-order valence-corrected chi connectivity index (χ1v) is 9.58. The minimum atomic E-state index is -0.142. The monoisotopic (exact) mass is 366 g/mol. The quantitative estimate of drug-likeness (QED) is 0.334. The van der Waals surface area contributed by atoms with Gasteiger partial charge in [0.15, 0.2) is 0 Å². The molecule has 28 heavy (non-hydrogen) atoms. The maximum atomic E-state index is 6.14. The molecule has 3 heteroatoms. The van der Waals surface area contributed by atoms with Crippen molar-refractivity contribution in [1.82, 2.24) is 4.98 Å². The van der Waals surface area contributed by atoms with Gasteiger partial charge in [-0.1, -0.05) is 30.3 Å². The van der Waals surface area contributed by atoms with E-state index in [1.165, 1.54) is 0 Å². The maximum absolute atomic E-state index is 6.14. The molecule has 3 aromatic carbocycles. The van der Waals surface area contributed by atoms with Crippen LogP contribution in [0.15, 0.2) is 83.4 Å². The van der Waals surface area contributed by atoms with E-state index in [9.17, 15) is 0 Å². The number of furan rings is 1. The largest absolute Gasteiger partial charge is 0.456 e. The van der Waals surface area contributed by atoms with E-state index in [0.717, 1.165) is 44.2 Å². The summed E-state index contributed by atoms with van der Waals surface area (Å²) in [5, 5.41) is 3.43. The van der Waals surface area contributed by atoms with Gasteiger partial charge in [-0.2, -0.15) is 0 Å². The topological polar surface area (TPSA) is 29.3 Å². The summed E-state index contributed by atoms with van der Waals surface area (Å²) in [6, 6.07) is 25.0. The second-order valence-corrected chi connectivity index (χ2v) is 8.10. The minimum absolute atomic E-state index is 0.142. The van der Waals surface area contributed by atoms with Gasteiger partial charge in [0.2, 0.25) is 0 Å². The van der Waals surface area contributed by atoms with Crippen molar-refractivity contribution in [3.63, 3.8) is 0 Å². The van der Waals surface area contributed by atoms with Crippen molar-refractivity contribution in [2.45, 2.75) is 26.3 Å². The number of rotatable bonds is 2. The molecular weight excluding hydrogens is 344 g/mol. The van der Waals surface area contributed by atoms with Gasteiger partial charge in [-0.25, -0.2) is 0 Å². The van der Waals surface area contributed by atoms with Crippen LogP contribution in [-0.2, 0) is 0 Å². The van der Waals surface area contributed by atoms with E-state index < -0.39 is 0 Å². The zero-order valence-electron chi connectivity index (χ0n) is 16.3. The SMILES string of the molecule is CC(C)(C)N(c1cccc2ncccc12)c1cccc2oc3ccccc3c12. The van der Waals surface area contributed by atoms with Crippen LogP contribution in [0.2, 0.25) is 0 Å². The second kappa shape index (κ2) is 6.10. The third-order valence-corrected chi connectivity index (χ3v) is 5.16. The standard InChI is InChI=1S/C25H22N2O/c1-25(2,3)27(20-12-6-11-19-17(20)10-8-16-26-19)21-13-7-15-23-24(21)18-9-4-5-14-22(18)28-23/h4-16H,1-3H3. The number of nitrogens with zero attached hydrogens (tertiary/aromatic N) is 2. The molecule has 0 fully saturated rings. The summed E-state index contributed by atoms with van der Waals surface area (Å²) in [6.07, 6.45) is 1.85. The summed E-state index contributed by atoms with van der Waals surface area (Å²) in [6.45, 7) is 6.72. The molecule has 138 valence electrons. The van der Waals surface area contributed by atoms with E-state index in [4.69, 9.17) is 4.42 Å². The molecule has 0 N–H and O–H groups in total. The summed E-state index contributed by atoms with van der Waals surface area (Å²) in [4.78, 5) is 6.96. The average molecular weight is 366 g/mol. The Morgan fingerprint density at radius 1 is 0.714 bits per heavy atom. The van der Waals surface area contributed by atoms with E-state index in [2.05, 4.69) is 79.2 Å². The van der Waals surface area contributed by atoms with Gasteiger partial charge in [0.05, 0.1) is 22.3 Å². The first-order valence-electron chi connectivity index (χ1n) is 9.58. The smallest absolute Gasteiger partial charge is 0.137 e. The molecule has 0 radical (unpaired) electrons. The van der Waals surface area contributed by atoms with Crippen LogP contribution in [-0.4, -0.2) is 10.5 Å². The molecule has 0 unspecified atom stereocenters. The van der Waals surface area contributed by atoms with Crippen molar-refractivity contribution in [3.8, 4) is 0 Å². The Kier molecular flexibility index (Phi) is 3.66. The van der Waals surface area contributed by atoms with E-state index in [1.807, 2.05) is 30.5 Å².